The minimum Gasteiger partial charge on any atom is -0.315 e. The molecule has 0 aliphatic carbocycles. The largest absolute Gasteiger partial charge is 0.315 e. The van der Waals surface area contributed by atoms with Crippen LogP contribution in [0.4, 0.5) is 0 Å². The number of nitrogens with zero attached hydrogens (tertiary/aromatic N) is 1. The van der Waals surface area contributed by atoms with E-state index in [9.17, 15) is 8.42 Å². The Morgan fingerprint density at radius 2 is 2.12 bits per heavy atom. The van der Waals surface area contributed by atoms with Crippen LogP contribution in [-0.2, 0) is 10.2 Å². The van der Waals surface area contributed by atoms with Gasteiger partial charge in [-0.05, 0) is 32.7 Å². The molecule has 2 aliphatic rings. The zero-order valence-electron chi connectivity index (χ0n) is 9.78. The lowest BCUT2D eigenvalue weighted by molar-refractivity contribution is 0.264. The van der Waals surface area contributed by atoms with E-state index in [0.717, 1.165) is 38.8 Å². The minimum atomic E-state index is -3.27. The number of rotatable bonds is 3. The van der Waals surface area contributed by atoms with Crippen LogP contribution >= 0.6 is 0 Å². The molecular formula is C10H21N3O2S. The summed E-state index contributed by atoms with van der Waals surface area (Å²) in [7, 11) is -3.27. The highest BCUT2D eigenvalue weighted by atomic mass is 32.2. The van der Waals surface area contributed by atoms with E-state index in [2.05, 4.69) is 10.0 Å². The first-order valence-corrected chi connectivity index (χ1v) is 7.53. The fourth-order valence-electron chi connectivity index (χ4n) is 2.46. The van der Waals surface area contributed by atoms with Crippen LogP contribution in [0, 0.1) is 0 Å². The fraction of sp³-hybridized carbons (Fsp3) is 1.00. The average Bonchev–Trinajstić information content (AvgIpc) is 2.70. The number of nitrogens with one attached hydrogen (secondary N) is 2. The summed E-state index contributed by atoms with van der Waals surface area (Å²) >= 11 is 0. The van der Waals surface area contributed by atoms with Crippen LogP contribution in [0.1, 0.15) is 32.6 Å². The predicted molar refractivity (Wildman–Crippen MR) is 63.3 cm³/mol. The molecule has 2 saturated heterocycles. The second-order valence-corrected chi connectivity index (χ2v) is 6.42. The van der Waals surface area contributed by atoms with Gasteiger partial charge in [-0.2, -0.15) is 17.4 Å². The van der Waals surface area contributed by atoms with Crippen molar-refractivity contribution in [2.75, 3.05) is 19.6 Å². The molecule has 2 atom stereocenters. The predicted octanol–water partition coefficient (Wildman–Crippen LogP) is 0.0571. The molecule has 2 fully saturated rings. The zero-order chi connectivity index (χ0) is 11.6. The van der Waals surface area contributed by atoms with E-state index in [-0.39, 0.29) is 12.1 Å². The van der Waals surface area contributed by atoms with Crippen molar-refractivity contribution in [3.63, 3.8) is 0 Å². The van der Waals surface area contributed by atoms with Gasteiger partial charge in [-0.25, -0.2) is 0 Å². The first-order chi connectivity index (χ1) is 7.59. The van der Waals surface area contributed by atoms with E-state index in [1.165, 1.54) is 0 Å². The monoisotopic (exact) mass is 247 g/mol. The van der Waals surface area contributed by atoms with Gasteiger partial charge >= 0.3 is 0 Å². The van der Waals surface area contributed by atoms with E-state index in [4.69, 9.17) is 0 Å². The zero-order valence-corrected chi connectivity index (χ0v) is 10.6. The van der Waals surface area contributed by atoms with Gasteiger partial charge in [0.15, 0.2) is 0 Å². The maximum absolute atomic E-state index is 12.1. The van der Waals surface area contributed by atoms with Gasteiger partial charge in [-0.3, -0.25) is 0 Å². The standard InChI is InChI=1S/C10H21N3O2S/c1-9-4-2-3-7-13(9)16(14,15)12-10-5-6-11-8-10/h9-12H,2-8H2,1H3/t9?,10-/m1/s1. The molecular weight excluding hydrogens is 226 g/mol. The Hall–Kier alpha value is -0.170. The molecule has 94 valence electrons. The molecule has 16 heavy (non-hydrogen) atoms. The molecule has 0 bridgehead atoms. The van der Waals surface area contributed by atoms with Gasteiger partial charge in [-0.1, -0.05) is 6.42 Å². The van der Waals surface area contributed by atoms with Gasteiger partial charge in [0.05, 0.1) is 0 Å². The molecule has 2 heterocycles. The van der Waals surface area contributed by atoms with E-state index in [1.54, 1.807) is 4.31 Å². The third-order valence-electron chi connectivity index (χ3n) is 3.43. The summed E-state index contributed by atoms with van der Waals surface area (Å²) in [5, 5.41) is 3.16. The number of piperidine rings is 1. The van der Waals surface area contributed by atoms with E-state index in [1.807, 2.05) is 6.92 Å². The van der Waals surface area contributed by atoms with Crippen molar-refractivity contribution >= 4 is 10.2 Å². The minimum absolute atomic E-state index is 0.0686. The fourth-order valence-corrected chi connectivity index (χ4v) is 4.17. The first-order valence-electron chi connectivity index (χ1n) is 6.09. The van der Waals surface area contributed by atoms with Crippen molar-refractivity contribution in [3.8, 4) is 0 Å². The van der Waals surface area contributed by atoms with Gasteiger partial charge in [0.2, 0.25) is 0 Å². The Morgan fingerprint density at radius 3 is 2.75 bits per heavy atom. The molecule has 6 heteroatoms. The van der Waals surface area contributed by atoms with E-state index < -0.39 is 10.2 Å². The maximum Gasteiger partial charge on any atom is 0.279 e. The normalized spacial score (nSPS) is 33.1. The quantitative estimate of drug-likeness (QED) is 0.741. The van der Waals surface area contributed by atoms with Crippen molar-refractivity contribution in [1.29, 1.82) is 0 Å². The van der Waals surface area contributed by atoms with Crippen LogP contribution in [0.15, 0.2) is 0 Å². The highest BCUT2D eigenvalue weighted by molar-refractivity contribution is 7.87. The average molecular weight is 247 g/mol. The summed E-state index contributed by atoms with van der Waals surface area (Å²) in [5.74, 6) is 0. The summed E-state index contributed by atoms with van der Waals surface area (Å²) < 4.78 is 28.7. The lowest BCUT2D eigenvalue weighted by Gasteiger charge is -2.33. The molecule has 2 rings (SSSR count). The molecule has 2 N–H and O–H groups in total. The van der Waals surface area contributed by atoms with Crippen molar-refractivity contribution in [1.82, 2.24) is 14.3 Å². The molecule has 0 spiro atoms. The smallest absolute Gasteiger partial charge is 0.279 e. The highest BCUT2D eigenvalue weighted by Gasteiger charge is 2.31. The Morgan fingerprint density at radius 1 is 1.31 bits per heavy atom. The lowest BCUT2D eigenvalue weighted by atomic mass is 10.1. The van der Waals surface area contributed by atoms with Gasteiger partial charge in [0.1, 0.15) is 0 Å². The number of hydrogen-bond donors (Lipinski definition) is 2. The second kappa shape index (κ2) is 5.00. The Bertz CT molecular complexity index is 325. The number of hydrogen-bond acceptors (Lipinski definition) is 3. The third kappa shape index (κ3) is 2.74. The molecule has 0 aromatic heterocycles. The third-order valence-corrected chi connectivity index (χ3v) is 5.22. The lowest BCUT2D eigenvalue weighted by Crippen LogP contribution is -2.51. The first kappa shape index (κ1) is 12.3. The van der Waals surface area contributed by atoms with Crippen LogP contribution < -0.4 is 10.0 Å². The molecule has 0 aromatic rings. The Kier molecular flexibility index (Phi) is 3.84. The van der Waals surface area contributed by atoms with Crippen LogP contribution in [-0.4, -0.2) is 44.4 Å². The van der Waals surface area contributed by atoms with Crippen LogP contribution in [0.25, 0.3) is 0 Å². The molecule has 0 radical (unpaired) electrons. The SMILES string of the molecule is CC1CCCCN1S(=O)(=O)N[C@@H]1CCNC1. The topological polar surface area (TPSA) is 61.4 Å². The molecule has 2 aliphatic heterocycles. The van der Waals surface area contributed by atoms with Crippen molar-refractivity contribution in [2.45, 2.75) is 44.7 Å². The van der Waals surface area contributed by atoms with Gasteiger partial charge in [-0.15, -0.1) is 0 Å². The van der Waals surface area contributed by atoms with Crippen molar-refractivity contribution < 1.29 is 8.42 Å². The molecule has 0 amide bonds. The van der Waals surface area contributed by atoms with Crippen molar-refractivity contribution in [2.24, 2.45) is 0 Å². The van der Waals surface area contributed by atoms with Crippen LogP contribution in [0.5, 0.6) is 0 Å². The summed E-state index contributed by atoms with van der Waals surface area (Å²) in [6.45, 7) is 4.31. The Labute approximate surface area is 97.8 Å². The maximum atomic E-state index is 12.1. The Balaban J connectivity index is 1.99. The summed E-state index contributed by atoms with van der Waals surface area (Å²) in [5.41, 5.74) is 0. The van der Waals surface area contributed by atoms with Crippen LogP contribution in [0.2, 0.25) is 0 Å². The van der Waals surface area contributed by atoms with Gasteiger partial charge in [0, 0.05) is 25.2 Å². The molecule has 1 unspecified atom stereocenters. The van der Waals surface area contributed by atoms with E-state index >= 15 is 0 Å². The van der Waals surface area contributed by atoms with Gasteiger partial charge < -0.3 is 5.32 Å². The van der Waals surface area contributed by atoms with Gasteiger partial charge in [0.25, 0.3) is 10.2 Å². The van der Waals surface area contributed by atoms with E-state index in [0.29, 0.717) is 6.54 Å². The van der Waals surface area contributed by atoms with Crippen LogP contribution in [0.3, 0.4) is 0 Å². The summed E-state index contributed by atoms with van der Waals surface area (Å²) in [4.78, 5) is 0. The second-order valence-electron chi connectivity index (χ2n) is 4.77. The van der Waals surface area contributed by atoms with Crippen molar-refractivity contribution in [3.05, 3.63) is 0 Å². The summed E-state index contributed by atoms with van der Waals surface area (Å²) in [6, 6.07) is 0.208. The highest BCUT2D eigenvalue weighted by Crippen LogP contribution is 2.19. The molecule has 0 saturated carbocycles. The molecule has 5 nitrogen and oxygen atoms in total. The summed E-state index contributed by atoms with van der Waals surface area (Å²) in [6.07, 6.45) is 3.98. The molecule has 0 aromatic carbocycles.